The minimum absolute atomic E-state index is 0.0371. The minimum Gasteiger partial charge on any atom is -0.471 e. The first kappa shape index (κ1) is 13.9. The molecule has 0 fully saturated rings. The second-order valence-corrected chi connectivity index (χ2v) is 4.20. The Morgan fingerprint density at radius 3 is 2.55 bits per heavy atom. The first-order valence-electron chi connectivity index (χ1n) is 6.08. The summed E-state index contributed by atoms with van der Waals surface area (Å²) in [5.41, 5.74) is 1.73. The van der Waals surface area contributed by atoms with E-state index in [9.17, 15) is 14.5 Å². The summed E-state index contributed by atoms with van der Waals surface area (Å²) < 4.78 is 18.5. The number of nitrogens with zero attached hydrogens (tertiary/aromatic N) is 2. The Bertz CT molecular complexity index is 587. The summed E-state index contributed by atoms with van der Waals surface area (Å²) in [7, 11) is 0. The average Bonchev–Trinajstić information content (AvgIpc) is 2.45. The SMILES string of the molecule is O=[N+]([O-])CCc1ccc(COc2ncccc2F)cc1. The van der Waals surface area contributed by atoms with Crippen molar-refractivity contribution in [2.75, 3.05) is 6.54 Å². The largest absolute Gasteiger partial charge is 0.471 e. The first-order valence-corrected chi connectivity index (χ1v) is 6.08. The van der Waals surface area contributed by atoms with E-state index < -0.39 is 5.82 Å². The molecule has 0 spiro atoms. The van der Waals surface area contributed by atoms with E-state index in [2.05, 4.69) is 4.98 Å². The third kappa shape index (κ3) is 4.01. The van der Waals surface area contributed by atoms with E-state index in [1.54, 1.807) is 24.3 Å². The van der Waals surface area contributed by atoms with E-state index in [4.69, 9.17) is 4.74 Å². The van der Waals surface area contributed by atoms with Gasteiger partial charge in [-0.3, -0.25) is 10.1 Å². The maximum absolute atomic E-state index is 13.3. The molecule has 0 bridgehead atoms. The second kappa shape index (κ2) is 6.60. The van der Waals surface area contributed by atoms with Gasteiger partial charge in [-0.15, -0.1) is 0 Å². The van der Waals surface area contributed by atoms with E-state index in [1.165, 1.54) is 18.3 Å². The van der Waals surface area contributed by atoms with E-state index in [-0.39, 0.29) is 24.0 Å². The first-order chi connectivity index (χ1) is 9.65. The molecular formula is C14H13FN2O3. The number of ether oxygens (including phenoxy) is 1. The van der Waals surface area contributed by atoms with Crippen LogP contribution in [-0.4, -0.2) is 16.5 Å². The molecule has 5 nitrogen and oxygen atoms in total. The van der Waals surface area contributed by atoms with Crippen LogP contribution in [0.4, 0.5) is 4.39 Å². The monoisotopic (exact) mass is 276 g/mol. The molecule has 104 valence electrons. The molecule has 0 aliphatic rings. The summed E-state index contributed by atoms with van der Waals surface area (Å²) in [5.74, 6) is -0.542. The van der Waals surface area contributed by atoms with Crippen molar-refractivity contribution >= 4 is 0 Å². The van der Waals surface area contributed by atoms with Crippen LogP contribution in [0.25, 0.3) is 0 Å². The molecule has 0 aliphatic carbocycles. The van der Waals surface area contributed by atoms with Crippen LogP contribution in [0.1, 0.15) is 11.1 Å². The summed E-state index contributed by atoms with van der Waals surface area (Å²) in [4.78, 5) is 13.7. The Hall–Kier alpha value is -2.50. The van der Waals surface area contributed by atoms with Crippen molar-refractivity contribution in [1.82, 2.24) is 4.98 Å². The van der Waals surface area contributed by atoms with Crippen molar-refractivity contribution in [2.24, 2.45) is 0 Å². The third-order valence-electron chi connectivity index (χ3n) is 2.71. The Kier molecular flexibility index (Phi) is 4.60. The Morgan fingerprint density at radius 1 is 1.20 bits per heavy atom. The third-order valence-corrected chi connectivity index (χ3v) is 2.71. The van der Waals surface area contributed by atoms with Gasteiger partial charge in [-0.1, -0.05) is 24.3 Å². The van der Waals surface area contributed by atoms with Crippen LogP contribution in [-0.2, 0) is 13.0 Å². The molecular weight excluding hydrogens is 263 g/mol. The van der Waals surface area contributed by atoms with Crippen LogP contribution in [0.15, 0.2) is 42.6 Å². The standard InChI is InChI=1S/C14H13FN2O3/c15-13-2-1-8-16-14(13)20-10-12-5-3-11(4-6-12)7-9-17(18)19/h1-6,8H,7,9-10H2. The number of hydrogen-bond acceptors (Lipinski definition) is 4. The van der Waals surface area contributed by atoms with Gasteiger partial charge < -0.3 is 4.74 Å². The average molecular weight is 276 g/mol. The van der Waals surface area contributed by atoms with Crippen molar-refractivity contribution in [2.45, 2.75) is 13.0 Å². The summed E-state index contributed by atoms with van der Waals surface area (Å²) in [6.07, 6.45) is 1.85. The predicted molar refractivity (Wildman–Crippen MR) is 70.5 cm³/mol. The summed E-state index contributed by atoms with van der Waals surface area (Å²) in [6, 6.07) is 9.98. The van der Waals surface area contributed by atoms with Crippen LogP contribution in [0.5, 0.6) is 5.88 Å². The molecule has 0 amide bonds. The topological polar surface area (TPSA) is 65.3 Å². The number of halogens is 1. The molecule has 0 saturated carbocycles. The maximum atomic E-state index is 13.3. The highest BCUT2D eigenvalue weighted by Crippen LogP contribution is 2.14. The summed E-state index contributed by atoms with van der Waals surface area (Å²) in [5, 5.41) is 10.3. The van der Waals surface area contributed by atoms with Crippen LogP contribution in [0.3, 0.4) is 0 Å². The molecule has 6 heteroatoms. The van der Waals surface area contributed by atoms with Crippen molar-refractivity contribution in [1.29, 1.82) is 0 Å². The maximum Gasteiger partial charge on any atom is 0.250 e. The molecule has 0 radical (unpaired) electrons. The number of benzene rings is 1. The predicted octanol–water partition coefficient (Wildman–Crippen LogP) is 2.62. The molecule has 20 heavy (non-hydrogen) atoms. The smallest absolute Gasteiger partial charge is 0.250 e. The lowest BCUT2D eigenvalue weighted by molar-refractivity contribution is -0.479. The molecule has 1 aromatic heterocycles. The van der Waals surface area contributed by atoms with Crippen LogP contribution < -0.4 is 4.74 Å². The van der Waals surface area contributed by atoms with Gasteiger partial charge in [0.2, 0.25) is 6.54 Å². The second-order valence-electron chi connectivity index (χ2n) is 4.20. The fourth-order valence-electron chi connectivity index (χ4n) is 1.65. The van der Waals surface area contributed by atoms with Crippen molar-refractivity contribution < 1.29 is 14.1 Å². The molecule has 0 atom stereocenters. The number of nitro groups is 1. The van der Waals surface area contributed by atoms with Gasteiger partial charge in [-0.05, 0) is 23.3 Å². The summed E-state index contributed by atoms with van der Waals surface area (Å²) in [6.45, 7) is 0.110. The van der Waals surface area contributed by atoms with Crippen LogP contribution >= 0.6 is 0 Å². The van der Waals surface area contributed by atoms with Gasteiger partial charge in [-0.2, -0.15) is 0 Å². The van der Waals surface area contributed by atoms with Crippen LogP contribution in [0, 0.1) is 15.9 Å². The number of rotatable bonds is 6. The van der Waals surface area contributed by atoms with Gasteiger partial charge >= 0.3 is 0 Å². The van der Waals surface area contributed by atoms with Gasteiger partial charge in [0.25, 0.3) is 5.88 Å². The van der Waals surface area contributed by atoms with Crippen molar-refractivity contribution in [3.05, 3.63) is 69.7 Å². The van der Waals surface area contributed by atoms with E-state index in [1.807, 2.05) is 0 Å². The molecule has 0 N–H and O–H groups in total. The molecule has 1 heterocycles. The zero-order chi connectivity index (χ0) is 14.4. The van der Waals surface area contributed by atoms with E-state index in [0.29, 0.717) is 6.42 Å². The fourth-order valence-corrected chi connectivity index (χ4v) is 1.65. The van der Waals surface area contributed by atoms with Crippen molar-refractivity contribution in [3.8, 4) is 5.88 Å². The van der Waals surface area contributed by atoms with E-state index in [0.717, 1.165) is 11.1 Å². The highest BCUT2D eigenvalue weighted by atomic mass is 19.1. The molecule has 2 rings (SSSR count). The molecule has 0 saturated heterocycles. The van der Waals surface area contributed by atoms with E-state index >= 15 is 0 Å². The molecule has 1 aromatic carbocycles. The van der Waals surface area contributed by atoms with Gasteiger partial charge in [0.1, 0.15) is 6.61 Å². The lowest BCUT2D eigenvalue weighted by atomic mass is 10.1. The fraction of sp³-hybridized carbons (Fsp3) is 0.214. The highest BCUT2D eigenvalue weighted by Gasteiger charge is 2.04. The molecule has 0 aliphatic heterocycles. The van der Waals surface area contributed by atoms with Gasteiger partial charge in [-0.25, -0.2) is 9.37 Å². The number of aromatic nitrogens is 1. The molecule has 2 aromatic rings. The lowest BCUT2D eigenvalue weighted by Gasteiger charge is -2.06. The Labute approximate surface area is 115 Å². The quantitative estimate of drug-likeness (QED) is 0.601. The number of pyridine rings is 1. The summed E-state index contributed by atoms with van der Waals surface area (Å²) >= 11 is 0. The van der Waals surface area contributed by atoms with Gasteiger partial charge in [0.15, 0.2) is 5.82 Å². The lowest BCUT2D eigenvalue weighted by Crippen LogP contribution is -2.04. The zero-order valence-electron chi connectivity index (χ0n) is 10.7. The Balaban J connectivity index is 1.91. The highest BCUT2D eigenvalue weighted by molar-refractivity contribution is 5.23. The van der Waals surface area contributed by atoms with Crippen molar-refractivity contribution in [3.63, 3.8) is 0 Å². The Morgan fingerprint density at radius 2 is 1.90 bits per heavy atom. The normalized spacial score (nSPS) is 10.2. The van der Waals surface area contributed by atoms with Crippen LogP contribution in [0.2, 0.25) is 0 Å². The molecule has 0 unspecified atom stereocenters. The zero-order valence-corrected chi connectivity index (χ0v) is 10.7. The van der Waals surface area contributed by atoms with Gasteiger partial charge in [0.05, 0.1) is 0 Å². The van der Waals surface area contributed by atoms with Gasteiger partial charge in [0, 0.05) is 17.5 Å². The minimum atomic E-state index is -0.505. The number of hydrogen-bond donors (Lipinski definition) is 0.